The second kappa shape index (κ2) is 9.01. The Kier molecular flexibility index (Phi) is 6.73. The molecule has 0 radical (unpaired) electrons. The third-order valence-electron chi connectivity index (χ3n) is 3.79. The Balaban J connectivity index is 2.11. The zero-order valence-electron chi connectivity index (χ0n) is 14.7. The van der Waals surface area contributed by atoms with Gasteiger partial charge in [0.15, 0.2) is 0 Å². The number of hydrogen-bond acceptors (Lipinski definition) is 4. The summed E-state index contributed by atoms with van der Waals surface area (Å²) in [6.07, 6.45) is 3.69. The fourth-order valence-electron chi connectivity index (χ4n) is 2.57. The van der Waals surface area contributed by atoms with Crippen LogP contribution in [-0.2, 0) is 0 Å². The van der Waals surface area contributed by atoms with Gasteiger partial charge in [-0.15, -0.1) is 0 Å². The van der Waals surface area contributed by atoms with Crippen LogP contribution in [0.5, 0.6) is 0 Å². The second-order valence-corrected chi connectivity index (χ2v) is 5.83. The first-order valence-electron chi connectivity index (χ1n) is 8.59. The van der Waals surface area contributed by atoms with E-state index in [1.54, 1.807) is 12.3 Å². The number of carbonyl (C=O) groups is 1. The van der Waals surface area contributed by atoms with Crippen LogP contribution in [0.3, 0.4) is 0 Å². The zero-order valence-corrected chi connectivity index (χ0v) is 14.7. The Labute approximate surface area is 144 Å². The molecule has 2 aromatic rings. The molecule has 0 saturated heterocycles. The quantitative estimate of drug-likeness (QED) is 0.805. The van der Waals surface area contributed by atoms with E-state index in [0.717, 1.165) is 31.5 Å². The number of anilines is 1. The van der Waals surface area contributed by atoms with Gasteiger partial charge in [0.25, 0.3) is 5.91 Å². The Bertz CT molecular complexity index is 639. The highest BCUT2D eigenvalue weighted by atomic mass is 16.1. The van der Waals surface area contributed by atoms with Gasteiger partial charge in [0, 0.05) is 19.3 Å². The zero-order chi connectivity index (χ0) is 17.4. The van der Waals surface area contributed by atoms with Crippen molar-refractivity contribution in [3.05, 3.63) is 53.9 Å². The minimum atomic E-state index is -0.178. The first kappa shape index (κ1) is 17.9. The van der Waals surface area contributed by atoms with Crippen LogP contribution in [-0.4, -0.2) is 29.0 Å². The molecule has 1 amide bonds. The first-order valence-corrected chi connectivity index (χ1v) is 8.59. The van der Waals surface area contributed by atoms with Gasteiger partial charge in [-0.1, -0.05) is 44.2 Å². The standard InChI is InChI=1S/C19H26N4O/c1-4-13-23(14-5-2)19-20-12-11-17(22-19)18(24)21-15(3)16-9-7-6-8-10-16/h6-12,15H,4-5,13-14H2,1-3H3,(H,21,24). The lowest BCUT2D eigenvalue weighted by molar-refractivity contribution is 0.0934. The number of rotatable bonds is 8. The highest BCUT2D eigenvalue weighted by Gasteiger charge is 2.15. The Morgan fingerprint density at radius 2 is 1.79 bits per heavy atom. The van der Waals surface area contributed by atoms with Crippen molar-refractivity contribution in [2.24, 2.45) is 0 Å². The molecule has 0 spiro atoms. The van der Waals surface area contributed by atoms with Crippen LogP contribution >= 0.6 is 0 Å². The molecule has 1 N–H and O–H groups in total. The molecular weight excluding hydrogens is 300 g/mol. The van der Waals surface area contributed by atoms with Crippen molar-refractivity contribution >= 4 is 11.9 Å². The van der Waals surface area contributed by atoms with E-state index < -0.39 is 0 Å². The summed E-state index contributed by atoms with van der Waals surface area (Å²) >= 11 is 0. The van der Waals surface area contributed by atoms with E-state index in [4.69, 9.17) is 0 Å². The fourth-order valence-corrected chi connectivity index (χ4v) is 2.57. The predicted octanol–water partition coefficient (Wildman–Crippen LogP) is 3.59. The lowest BCUT2D eigenvalue weighted by atomic mass is 10.1. The molecule has 2 rings (SSSR count). The summed E-state index contributed by atoms with van der Waals surface area (Å²) in [7, 11) is 0. The van der Waals surface area contributed by atoms with Crippen molar-refractivity contribution in [1.82, 2.24) is 15.3 Å². The highest BCUT2D eigenvalue weighted by molar-refractivity contribution is 5.92. The number of benzene rings is 1. The van der Waals surface area contributed by atoms with Gasteiger partial charge in [-0.05, 0) is 31.4 Å². The molecule has 1 aromatic heterocycles. The average Bonchev–Trinajstić information content (AvgIpc) is 2.62. The summed E-state index contributed by atoms with van der Waals surface area (Å²) in [5.74, 6) is 0.446. The third-order valence-corrected chi connectivity index (χ3v) is 3.79. The van der Waals surface area contributed by atoms with E-state index in [1.807, 2.05) is 37.3 Å². The number of carbonyl (C=O) groups excluding carboxylic acids is 1. The molecule has 5 nitrogen and oxygen atoms in total. The van der Waals surface area contributed by atoms with Crippen molar-refractivity contribution < 1.29 is 4.79 Å². The van der Waals surface area contributed by atoms with Crippen LogP contribution in [0.4, 0.5) is 5.95 Å². The van der Waals surface area contributed by atoms with Crippen LogP contribution in [0.15, 0.2) is 42.6 Å². The van der Waals surface area contributed by atoms with Gasteiger partial charge >= 0.3 is 0 Å². The van der Waals surface area contributed by atoms with Gasteiger partial charge in [-0.2, -0.15) is 0 Å². The second-order valence-electron chi connectivity index (χ2n) is 5.83. The lowest BCUT2D eigenvalue weighted by Gasteiger charge is -2.21. The van der Waals surface area contributed by atoms with Crippen LogP contribution in [0, 0.1) is 0 Å². The van der Waals surface area contributed by atoms with Crippen LogP contribution in [0.25, 0.3) is 0 Å². The smallest absolute Gasteiger partial charge is 0.270 e. The van der Waals surface area contributed by atoms with E-state index in [0.29, 0.717) is 11.6 Å². The molecule has 1 heterocycles. The molecule has 0 aliphatic carbocycles. The molecule has 24 heavy (non-hydrogen) atoms. The summed E-state index contributed by atoms with van der Waals surface area (Å²) in [6.45, 7) is 8.00. The molecule has 5 heteroatoms. The van der Waals surface area contributed by atoms with E-state index >= 15 is 0 Å². The largest absolute Gasteiger partial charge is 0.344 e. The van der Waals surface area contributed by atoms with Crippen LogP contribution < -0.4 is 10.2 Å². The van der Waals surface area contributed by atoms with Crippen molar-refractivity contribution in [3.8, 4) is 0 Å². The molecule has 1 aromatic carbocycles. The predicted molar refractivity (Wildman–Crippen MR) is 97.2 cm³/mol. The molecule has 0 saturated carbocycles. The maximum absolute atomic E-state index is 12.5. The summed E-state index contributed by atoms with van der Waals surface area (Å²) in [5.41, 5.74) is 1.47. The molecule has 0 aliphatic heterocycles. The van der Waals surface area contributed by atoms with Gasteiger partial charge in [0.1, 0.15) is 5.69 Å². The number of nitrogens with one attached hydrogen (secondary N) is 1. The Hall–Kier alpha value is -2.43. The first-order chi connectivity index (χ1) is 11.7. The summed E-state index contributed by atoms with van der Waals surface area (Å²) in [5, 5.41) is 2.99. The SMILES string of the molecule is CCCN(CCC)c1nccc(C(=O)NC(C)c2ccccc2)n1. The van der Waals surface area contributed by atoms with Crippen molar-refractivity contribution in [1.29, 1.82) is 0 Å². The van der Waals surface area contributed by atoms with E-state index in [1.165, 1.54) is 0 Å². The monoisotopic (exact) mass is 326 g/mol. The average molecular weight is 326 g/mol. The van der Waals surface area contributed by atoms with Crippen molar-refractivity contribution in [2.75, 3.05) is 18.0 Å². The number of hydrogen-bond donors (Lipinski definition) is 1. The number of aromatic nitrogens is 2. The van der Waals surface area contributed by atoms with Gasteiger partial charge in [0.2, 0.25) is 5.95 Å². The molecule has 0 bridgehead atoms. The highest BCUT2D eigenvalue weighted by Crippen LogP contribution is 2.13. The minimum Gasteiger partial charge on any atom is -0.344 e. The summed E-state index contributed by atoms with van der Waals surface area (Å²) in [4.78, 5) is 23.4. The summed E-state index contributed by atoms with van der Waals surface area (Å²) < 4.78 is 0. The third kappa shape index (κ3) is 4.78. The molecule has 1 atom stereocenters. The number of amides is 1. The van der Waals surface area contributed by atoms with E-state index in [-0.39, 0.29) is 11.9 Å². The summed E-state index contributed by atoms with van der Waals surface area (Å²) in [6, 6.07) is 11.5. The van der Waals surface area contributed by atoms with E-state index in [2.05, 4.69) is 34.0 Å². The molecule has 0 aliphatic rings. The normalized spacial score (nSPS) is 11.8. The molecule has 1 unspecified atom stereocenters. The van der Waals surface area contributed by atoms with Gasteiger partial charge < -0.3 is 10.2 Å². The molecular formula is C19H26N4O. The van der Waals surface area contributed by atoms with Crippen LogP contribution in [0.1, 0.15) is 55.7 Å². The molecule has 128 valence electrons. The van der Waals surface area contributed by atoms with Crippen molar-refractivity contribution in [3.63, 3.8) is 0 Å². The lowest BCUT2D eigenvalue weighted by Crippen LogP contribution is -2.30. The molecule has 0 fully saturated rings. The van der Waals surface area contributed by atoms with Gasteiger partial charge in [-0.25, -0.2) is 9.97 Å². The van der Waals surface area contributed by atoms with Gasteiger partial charge in [0.05, 0.1) is 6.04 Å². The Morgan fingerprint density at radius 1 is 1.12 bits per heavy atom. The van der Waals surface area contributed by atoms with E-state index in [9.17, 15) is 4.79 Å². The number of nitrogens with zero attached hydrogens (tertiary/aromatic N) is 3. The topological polar surface area (TPSA) is 58.1 Å². The minimum absolute atomic E-state index is 0.0699. The van der Waals surface area contributed by atoms with Gasteiger partial charge in [-0.3, -0.25) is 4.79 Å². The maximum Gasteiger partial charge on any atom is 0.270 e. The Morgan fingerprint density at radius 3 is 2.42 bits per heavy atom. The fraction of sp³-hybridized carbons (Fsp3) is 0.421. The van der Waals surface area contributed by atoms with Crippen LogP contribution in [0.2, 0.25) is 0 Å². The van der Waals surface area contributed by atoms with Crippen molar-refractivity contribution in [2.45, 2.75) is 39.7 Å². The maximum atomic E-state index is 12.5.